The van der Waals surface area contributed by atoms with Crippen molar-refractivity contribution in [2.45, 2.75) is 18.1 Å². The molecule has 0 aliphatic carbocycles. The fourth-order valence-corrected chi connectivity index (χ4v) is 3.33. The number of nitrogens with zero attached hydrogens (tertiary/aromatic N) is 2. The molecular formula is C11H17BN2O5S. The third-order valence-electron chi connectivity index (χ3n) is 3.33. The summed E-state index contributed by atoms with van der Waals surface area (Å²) in [6, 6.07) is 3.29. The van der Waals surface area contributed by atoms with Crippen LogP contribution in [0.4, 0.5) is 5.82 Å². The van der Waals surface area contributed by atoms with Gasteiger partial charge in [0.25, 0.3) is 0 Å². The molecular weight excluding hydrogens is 283 g/mol. The molecule has 1 aromatic rings. The van der Waals surface area contributed by atoms with Gasteiger partial charge in [-0.2, -0.15) is 0 Å². The number of pyridine rings is 1. The fourth-order valence-electron chi connectivity index (χ4n) is 2.26. The topological polar surface area (TPSA) is 100.0 Å². The minimum Gasteiger partial charge on any atom is -0.511 e. The Bertz CT molecular complexity index is 540. The highest BCUT2D eigenvalue weighted by Gasteiger charge is 2.27. The molecule has 2 rings (SSSR count). The molecule has 1 aromatic heterocycles. The zero-order valence-corrected chi connectivity index (χ0v) is 12.0. The first-order valence-electron chi connectivity index (χ1n) is 6.29. The predicted octanol–water partition coefficient (Wildman–Crippen LogP) is -0.557. The molecule has 1 aliphatic rings. The van der Waals surface area contributed by atoms with E-state index in [0.29, 0.717) is 25.9 Å². The highest BCUT2D eigenvalue weighted by molar-refractivity contribution is 7.91. The van der Waals surface area contributed by atoms with Crippen molar-refractivity contribution in [2.24, 2.45) is 0 Å². The van der Waals surface area contributed by atoms with E-state index in [1.807, 2.05) is 4.90 Å². The first kappa shape index (κ1) is 15.1. The van der Waals surface area contributed by atoms with Gasteiger partial charge in [-0.3, -0.25) is 0 Å². The monoisotopic (exact) mass is 300 g/mol. The van der Waals surface area contributed by atoms with Crippen LogP contribution in [0, 0.1) is 0 Å². The largest absolute Gasteiger partial charge is 0.707 e. The molecule has 0 spiro atoms. The summed E-state index contributed by atoms with van der Waals surface area (Å²) in [5, 5.41) is 17.1. The zero-order valence-electron chi connectivity index (χ0n) is 11.1. The van der Waals surface area contributed by atoms with E-state index in [0.717, 1.165) is 5.82 Å². The van der Waals surface area contributed by atoms with Gasteiger partial charge in [0.1, 0.15) is 21.4 Å². The first-order valence-corrected chi connectivity index (χ1v) is 8.24. The van der Waals surface area contributed by atoms with Crippen LogP contribution in [-0.4, -0.2) is 55.4 Å². The molecule has 0 unspecified atom stereocenters. The van der Waals surface area contributed by atoms with Gasteiger partial charge in [0.05, 0.1) is 11.4 Å². The third-order valence-corrected chi connectivity index (χ3v) is 5.02. The smallest absolute Gasteiger partial charge is 0.511 e. The second-order valence-electron chi connectivity index (χ2n) is 4.81. The van der Waals surface area contributed by atoms with Crippen LogP contribution in [-0.2, 0) is 9.84 Å². The van der Waals surface area contributed by atoms with Crippen LogP contribution >= 0.6 is 0 Å². The number of sulfone groups is 1. The van der Waals surface area contributed by atoms with Crippen LogP contribution in [0.5, 0.6) is 5.75 Å². The molecule has 0 bridgehead atoms. The summed E-state index contributed by atoms with van der Waals surface area (Å²) in [7, 11) is -4.84. The summed E-state index contributed by atoms with van der Waals surface area (Å²) in [5.41, 5.74) is 0. The lowest BCUT2D eigenvalue weighted by molar-refractivity contribution is 0.287. The molecule has 9 heteroatoms. The minimum absolute atomic E-state index is 0.259. The maximum atomic E-state index is 11.5. The Labute approximate surface area is 118 Å². The Morgan fingerprint density at radius 1 is 1.35 bits per heavy atom. The lowest BCUT2D eigenvalue weighted by atomic mass is 10.1. The summed E-state index contributed by atoms with van der Waals surface area (Å²) in [4.78, 5) is 6.17. The number of hydrogen-bond acceptors (Lipinski definition) is 7. The van der Waals surface area contributed by atoms with E-state index in [-0.39, 0.29) is 11.0 Å². The molecule has 0 atom stereocenters. The van der Waals surface area contributed by atoms with Crippen molar-refractivity contribution < 1.29 is 23.1 Å². The van der Waals surface area contributed by atoms with Crippen LogP contribution in [0.1, 0.15) is 12.8 Å². The molecule has 2 heterocycles. The Hall–Kier alpha value is -1.32. The number of piperidine rings is 1. The molecule has 110 valence electrons. The lowest BCUT2D eigenvalue weighted by Crippen LogP contribution is -2.39. The number of aromatic nitrogens is 1. The number of hydrogen-bond donors (Lipinski definition) is 2. The van der Waals surface area contributed by atoms with Gasteiger partial charge in [0.2, 0.25) is 0 Å². The van der Waals surface area contributed by atoms with Gasteiger partial charge in [-0.1, -0.05) is 0 Å². The molecule has 2 N–H and O–H groups in total. The molecule has 1 fully saturated rings. The Kier molecular flexibility index (Phi) is 4.51. The molecule has 1 saturated heterocycles. The summed E-state index contributed by atoms with van der Waals surface area (Å²) in [5.74, 6) is 0.978. The third kappa shape index (κ3) is 3.84. The molecule has 0 aromatic carbocycles. The highest BCUT2D eigenvalue weighted by Crippen LogP contribution is 2.22. The quantitative estimate of drug-likeness (QED) is 0.719. The van der Waals surface area contributed by atoms with Gasteiger partial charge >= 0.3 is 7.32 Å². The Morgan fingerprint density at radius 3 is 2.45 bits per heavy atom. The summed E-state index contributed by atoms with van der Waals surface area (Å²) in [6.07, 6.45) is 3.86. The van der Waals surface area contributed by atoms with E-state index in [4.69, 9.17) is 10.0 Å². The predicted molar refractivity (Wildman–Crippen MR) is 75.1 cm³/mol. The normalized spacial score (nSPS) is 17.1. The van der Waals surface area contributed by atoms with Gasteiger partial charge in [-0.25, -0.2) is 13.4 Å². The Balaban J connectivity index is 1.97. The number of rotatable bonds is 4. The molecule has 20 heavy (non-hydrogen) atoms. The van der Waals surface area contributed by atoms with Crippen molar-refractivity contribution in [1.82, 2.24) is 4.98 Å². The van der Waals surface area contributed by atoms with Crippen LogP contribution in [0.25, 0.3) is 0 Å². The van der Waals surface area contributed by atoms with E-state index in [2.05, 4.69) is 9.64 Å². The van der Waals surface area contributed by atoms with Crippen molar-refractivity contribution in [3.63, 3.8) is 0 Å². The van der Waals surface area contributed by atoms with Gasteiger partial charge < -0.3 is 19.6 Å². The van der Waals surface area contributed by atoms with Crippen LogP contribution in [0.2, 0.25) is 0 Å². The van der Waals surface area contributed by atoms with Crippen molar-refractivity contribution in [3.05, 3.63) is 18.3 Å². The average Bonchev–Trinajstić information content (AvgIpc) is 2.38. The average molecular weight is 300 g/mol. The van der Waals surface area contributed by atoms with Crippen molar-refractivity contribution in [3.8, 4) is 5.75 Å². The van der Waals surface area contributed by atoms with Crippen molar-refractivity contribution in [2.75, 3.05) is 24.2 Å². The van der Waals surface area contributed by atoms with E-state index >= 15 is 0 Å². The summed E-state index contributed by atoms with van der Waals surface area (Å²) >= 11 is 0. The minimum atomic E-state index is -2.97. The van der Waals surface area contributed by atoms with Gasteiger partial charge in [-0.05, 0) is 25.0 Å². The fraction of sp³-hybridized carbons (Fsp3) is 0.545. The van der Waals surface area contributed by atoms with Crippen molar-refractivity contribution >= 4 is 23.0 Å². The lowest BCUT2D eigenvalue weighted by Gasteiger charge is -2.31. The Morgan fingerprint density at radius 2 is 2.00 bits per heavy atom. The standard InChI is InChI=1S/C11H17BN2O5S/c1-20(17,18)10-4-6-14(7-5-10)11-3-2-9(8-13-11)19-12(15)16/h2-3,8,10,15-16H,4-7H2,1H3. The molecule has 0 amide bonds. The maximum absolute atomic E-state index is 11.5. The van der Waals surface area contributed by atoms with E-state index in [1.165, 1.54) is 12.5 Å². The SMILES string of the molecule is CS(=O)(=O)C1CCN(c2ccc(OB(O)O)cn2)CC1. The van der Waals surface area contributed by atoms with Gasteiger partial charge in [-0.15, -0.1) is 0 Å². The maximum Gasteiger partial charge on any atom is 0.707 e. The zero-order chi connectivity index (χ0) is 14.8. The summed E-state index contributed by atoms with van der Waals surface area (Å²) < 4.78 is 27.6. The van der Waals surface area contributed by atoms with E-state index in [1.54, 1.807) is 12.1 Å². The highest BCUT2D eigenvalue weighted by atomic mass is 32.2. The molecule has 0 saturated carbocycles. The van der Waals surface area contributed by atoms with Gasteiger partial charge in [0.15, 0.2) is 0 Å². The second-order valence-corrected chi connectivity index (χ2v) is 7.14. The van der Waals surface area contributed by atoms with E-state index < -0.39 is 17.2 Å². The van der Waals surface area contributed by atoms with Gasteiger partial charge in [0, 0.05) is 19.3 Å². The van der Waals surface area contributed by atoms with Crippen LogP contribution in [0.3, 0.4) is 0 Å². The van der Waals surface area contributed by atoms with E-state index in [9.17, 15) is 8.42 Å². The number of anilines is 1. The molecule has 0 radical (unpaired) electrons. The molecule has 1 aliphatic heterocycles. The van der Waals surface area contributed by atoms with Crippen LogP contribution in [0.15, 0.2) is 18.3 Å². The summed E-state index contributed by atoms with van der Waals surface area (Å²) in [6.45, 7) is 1.27. The second kappa shape index (κ2) is 5.98. The molecule has 7 nitrogen and oxygen atoms in total. The van der Waals surface area contributed by atoms with Crippen molar-refractivity contribution in [1.29, 1.82) is 0 Å². The first-order chi connectivity index (χ1) is 9.36. The van der Waals surface area contributed by atoms with Crippen LogP contribution < -0.4 is 9.55 Å².